The van der Waals surface area contributed by atoms with E-state index in [2.05, 4.69) is 19.2 Å². The number of unbranched alkanes of at least 4 members (excludes halogenated alkanes) is 7. The number of rotatable bonds is 14. The molecule has 0 atom stereocenters. The fourth-order valence-corrected chi connectivity index (χ4v) is 4.04. The van der Waals surface area contributed by atoms with Gasteiger partial charge in [0, 0.05) is 9.52 Å². The molecule has 0 heterocycles. The summed E-state index contributed by atoms with van der Waals surface area (Å²) in [7, 11) is 0.312. The first-order valence-electron chi connectivity index (χ1n) is 8.12. The molecular weight excluding hydrogens is 222 g/mol. The maximum absolute atomic E-state index is 3.40. The highest BCUT2D eigenvalue weighted by atomic mass is 28.2. The third-order valence-electron chi connectivity index (χ3n) is 3.46. The highest BCUT2D eigenvalue weighted by Crippen LogP contribution is 2.08. The molecule has 0 saturated heterocycles. The Bertz CT molecular complexity index is 114. The lowest BCUT2D eigenvalue weighted by Crippen LogP contribution is -2.13. The minimum absolute atomic E-state index is 0.312. The molecule has 1 nitrogen and oxygen atoms in total. The molecule has 0 spiro atoms. The molecular formula is C15H35NSi. The molecule has 0 aliphatic carbocycles. The van der Waals surface area contributed by atoms with Crippen LogP contribution >= 0.6 is 0 Å². The van der Waals surface area contributed by atoms with Crippen molar-refractivity contribution >= 4 is 9.52 Å². The normalized spacial score (nSPS) is 11.6. The first kappa shape index (κ1) is 17.2. The Morgan fingerprint density at radius 1 is 0.706 bits per heavy atom. The van der Waals surface area contributed by atoms with Crippen molar-refractivity contribution in [2.24, 2.45) is 0 Å². The minimum Gasteiger partial charge on any atom is -0.317 e. The Kier molecular flexibility index (Phi) is 16.3. The highest BCUT2D eigenvalue weighted by Gasteiger charge is 1.93. The topological polar surface area (TPSA) is 12.0 Å². The molecule has 104 valence electrons. The second-order valence-corrected chi connectivity index (χ2v) is 7.36. The van der Waals surface area contributed by atoms with Crippen LogP contribution in [0.25, 0.3) is 0 Å². The van der Waals surface area contributed by atoms with Gasteiger partial charge in [0.15, 0.2) is 0 Å². The van der Waals surface area contributed by atoms with Crippen molar-refractivity contribution in [1.29, 1.82) is 0 Å². The van der Waals surface area contributed by atoms with E-state index in [-0.39, 0.29) is 0 Å². The zero-order chi connectivity index (χ0) is 12.6. The Balaban J connectivity index is 2.85. The van der Waals surface area contributed by atoms with E-state index >= 15 is 0 Å². The van der Waals surface area contributed by atoms with Crippen molar-refractivity contribution < 1.29 is 0 Å². The van der Waals surface area contributed by atoms with Crippen LogP contribution in [0.5, 0.6) is 0 Å². The van der Waals surface area contributed by atoms with Crippen molar-refractivity contribution in [1.82, 2.24) is 5.32 Å². The predicted octanol–water partition coefficient (Wildman–Crippen LogP) is 4.13. The number of nitrogens with one attached hydrogen (secondary N) is 1. The van der Waals surface area contributed by atoms with E-state index in [1.807, 2.05) is 0 Å². The third-order valence-corrected chi connectivity index (χ3v) is 5.46. The van der Waals surface area contributed by atoms with Gasteiger partial charge in [-0.15, -0.1) is 0 Å². The van der Waals surface area contributed by atoms with E-state index in [0.717, 1.165) is 6.54 Å². The van der Waals surface area contributed by atoms with Crippen LogP contribution < -0.4 is 5.32 Å². The summed E-state index contributed by atoms with van der Waals surface area (Å²) < 4.78 is 0. The standard InChI is InChI=1S/C15H35NSi/c1-3-5-6-7-8-11-14-17-15-12-9-10-13-16-4-2/h16H,3-15,17H2,1-2H3. The SMILES string of the molecule is CCCCCCCC[SiH2]CCCCCNCC. The van der Waals surface area contributed by atoms with Crippen LogP contribution in [0.3, 0.4) is 0 Å². The van der Waals surface area contributed by atoms with Crippen molar-refractivity contribution in [2.45, 2.75) is 83.7 Å². The quantitative estimate of drug-likeness (QED) is 0.364. The highest BCUT2D eigenvalue weighted by molar-refractivity contribution is 6.35. The van der Waals surface area contributed by atoms with Crippen molar-refractivity contribution in [2.75, 3.05) is 13.1 Å². The molecule has 0 rings (SSSR count). The summed E-state index contributed by atoms with van der Waals surface area (Å²) in [5, 5.41) is 3.40. The molecule has 0 aromatic carbocycles. The van der Waals surface area contributed by atoms with Crippen LogP contribution in [-0.4, -0.2) is 22.6 Å². The van der Waals surface area contributed by atoms with E-state index in [0.29, 0.717) is 9.52 Å². The summed E-state index contributed by atoms with van der Waals surface area (Å²) in [6, 6.07) is 3.21. The van der Waals surface area contributed by atoms with Crippen LogP contribution in [-0.2, 0) is 0 Å². The summed E-state index contributed by atoms with van der Waals surface area (Å²) in [6.45, 7) is 6.85. The first-order valence-corrected chi connectivity index (χ1v) is 10.1. The molecule has 0 aliphatic heterocycles. The molecule has 0 bridgehead atoms. The Morgan fingerprint density at radius 3 is 1.94 bits per heavy atom. The molecule has 0 saturated carbocycles. The van der Waals surface area contributed by atoms with Gasteiger partial charge in [-0.2, -0.15) is 0 Å². The lowest BCUT2D eigenvalue weighted by atomic mass is 10.1. The van der Waals surface area contributed by atoms with Gasteiger partial charge in [-0.05, 0) is 19.5 Å². The Morgan fingerprint density at radius 2 is 1.29 bits per heavy atom. The molecule has 0 unspecified atom stereocenters. The van der Waals surface area contributed by atoms with Crippen LogP contribution in [0.2, 0.25) is 12.1 Å². The summed E-state index contributed by atoms with van der Waals surface area (Å²) in [5.41, 5.74) is 0. The van der Waals surface area contributed by atoms with Gasteiger partial charge in [0.2, 0.25) is 0 Å². The van der Waals surface area contributed by atoms with E-state index in [1.54, 1.807) is 12.1 Å². The minimum atomic E-state index is 0.312. The van der Waals surface area contributed by atoms with E-state index in [9.17, 15) is 0 Å². The average Bonchev–Trinajstić information content (AvgIpc) is 2.35. The lowest BCUT2D eigenvalue weighted by molar-refractivity contribution is 0.621. The van der Waals surface area contributed by atoms with E-state index in [4.69, 9.17) is 0 Å². The van der Waals surface area contributed by atoms with Crippen LogP contribution in [0.15, 0.2) is 0 Å². The molecule has 0 radical (unpaired) electrons. The molecule has 0 aromatic rings. The van der Waals surface area contributed by atoms with Gasteiger partial charge < -0.3 is 5.32 Å². The Hall–Kier alpha value is 0.177. The fraction of sp³-hybridized carbons (Fsp3) is 1.00. The lowest BCUT2D eigenvalue weighted by Gasteiger charge is -2.02. The summed E-state index contributed by atoms with van der Waals surface area (Å²) in [5.74, 6) is 0. The molecule has 0 aliphatic rings. The Labute approximate surface area is 112 Å². The van der Waals surface area contributed by atoms with Crippen LogP contribution in [0, 0.1) is 0 Å². The molecule has 17 heavy (non-hydrogen) atoms. The number of hydrogen-bond donors (Lipinski definition) is 1. The maximum atomic E-state index is 3.40. The maximum Gasteiger partial charge on any atom is 0.0197 e. The molecule has 0 fully saturated rings. The zero-order valence-electron chi connectivity index (χ0n) is 12.4. The zero-order valence-corrected chi connectivity index (χ0v) is 13.8. The molecule has 0 aromatic heterocycles. The smallest absolute Gasteiger partial charge is 0.0197 e. The third kappa shape index (κ3) is 16.2. The van der Waals surface area contributed by atoms with Crippen molar-refractivity contribution in [3.8, 4) is 0 Å². The second-order valence-electron chi connectivity index (χ2n) is 5.24. The van der Waals surface area contributed by atoms with Gasteiger partial charge in [-0.25, -0.2) is 0 Å². The van der Waals surface area contributed by atoms with E-state index < -0.39 is 0 Å². The van der Waals surface area contributed by atoms with Gasteiger partial charge in [0.05, 0.1) is 0 Å². The summed E-state index contributed by atoms with van der Waals surface area (Å²) >= 11 is 0. The van der Waals surface area contributed by atoms with Gasteiger partial charge in [0.25, 0.3) is 0 Å². The summed E-state index contributed by atoms with van der Waals surface area (Å²) in [6.07, 6.45) is 13.2. The van der Waals surface area contributed by atoms with Crippen LogP contribution in [0.1, 0.15) is 71.6 Å². The summed E-state index contributed by atoms with van der Waals surface area (Å²) in [4.78, 5) is 0. The number of hydrogen-bond acceptors (Lipinski definition) is 1. The van der Waals surface area contributed by atoms with Crippen molar-refractivity contribution in [3.05, 3.63) is 0 Å². The molecule has 1 N–H and O–H groups in total. The first-order chi connectivity index (χ1) is 8.41. The van der Waals surface area contributed by atoms with E-state index in [1.165, 1.54) is 64.3 Å². The molecule has 2 heteroatoms. The van der Waals surface area contributed by atoms with Gasteiger partial charge in [-0.3, -0.25) is 0 Å². The fourth-order valence-electron chi connectivity index (χ4n) is 2.27. The monoisotopic (exact) mass is 257 g/mol. The average molecular weight is 258 g/mol. The molecule has 0 amide bonds. The predicted molar refractivity (Wildman–Crippen MR) is 83.9 cm³/mol. The van der Waals surface area contributed by atoms with Gasteiger partial charge in [0.1, 0.15) is 0 Å². The van der Waals surface area contributed by atoms with Gasteiger partial charge >= 0.3 is 0 Å². The van der Waals surface area contributed by atoms with Crippen molar-refractivity contribution in [3.63, 3.8) is 0 Å². The van der Waals surface area contributed by atoms with Gasteiger partial charge in [-0.1, -0.05) is 77.3 Å². The second kappa shape index (κ2) is 16.2. The van der Waals surface area contributed by atoms with Crippen LogP contribution in [0.4, 0.5) is 0 Å². The largest absolute Gasteiger partial charge is 0.317 e.